The van der Waals surface area contributed by atoms with Gasteiger partial charge in [0.1, 0.15) is 5.82 Å². The van der Waals surface area contributed by atoms with Crippen molar-refractivity contribution in [3.63, 3.8) is 0 Å². The van der Waals surface area contributed by atoms with Crippen molar-refractivity contribution >= 4 is 15.9 Å². The molecular weight excluding hydrogens is 295 g/mol. The molecule has 0 spiro atoms. The molecule has 100 valence electrons. The van der Waals surface area contributed by atoms with E-state index in [9.17, 15) is 4.39 Å². The summed E-state index contributed by atoms with van der Waals surface area (Å²) in [6.07, 6.45) is 3.59. The van der Waals surface area contributed by atoms with Crippen LogP contribution in [-0.4, -0.2) is 24.0 Å². The van der Waals surface area contributed by atoms with Gasteiger partial charge in [-0.3, -0.25) is 4.90 Å². The maximum absolute atomic E-state index is 13.6. The third-order valence-corrected chi connectivity index (χ3v) is 4.09. The molecule has 2 rings (SSSR count). The van der Waals surface area contributed by atoms with Gasteiger partial charge in [-0.15, -0.1) is 0 Å². The Morgan fingerprint density at radius 2 is 2.22 bits per heavy atom. The SMILES string of the molecule is CCCN(C1CC1)C(CN)c1ccc(Br)c(F)c1. The molecule has 0 aliphatic heterocycles. The van der Waals surface area contributed by atoms with Crippen molar-refractivity contribution in [1.82, 2.24) is 4.90 Å². The molecule has 1 aliphatic carbocycles. The van der Waals surface area contributed by atoms with Crippen molar-refractivity contribution in [3.8, 4) is 0 Å². The van der Waals surface area contributed by atoms with Crippen LogP contribution in [0.25, 0.3) is 0 Å². The van der Waals surface area contributed by atoms with Gasteiger partial charge in [0.2, 0.25) is 0 Å². The van der Waals surface area contributed by atoms with Gasteiger partial charge in [0.05, 0.1) is 4.47 Å². The number of nitrogens with two attached hydrogens (primary N) is 1. The molecule has 1 aromatic carbocycles. The zero-order valence-electron chi connectivity index (χ0n) is 10.7. The van der Waals surface area contributed by atoms with Crippen LogP contribution in [0.15, 0.2) is 22.7 Å². The Hall–Kier alpha value is -0.450. The third-order valence-electron chi connectivity index (χ3n) is 3.45. The molecule has 2 N–H and O–H groups in total. The molecule has 1 atom stereocenters. The van der Waals surface area contributed by atoms with Crippen LogP contribution in [-0.2, 0) is 0 Å². The lowest BCUT2D eigenvalue weighted by Crippen LogP contribution is -2.36. The minimum absolute atomic E-state index is 0.139. The van der Waals surface area contributed by atoms with E-state index in [1.54, 1.807) is 12.1 Å². The topological polar surface area (TPSA) is 29.3 Å². The molecule has 1 aliphatic rings. The second-order valence-electron chi connectivity index (χ2n) is 4.89. The summed E-state index contributed by atoms with van der Waals surface area (Å²) in [5, 5.41) is 0. The summed E-state index contributed by atoms with van der Waals surface area (Å²) in [5.74, 6) is -0.210. The van der Waals surface area contributed by atoms with E-state index in [2.05, 4.69) is 27.8 Å². The highest BCUT2D eigenvalue weighted by molar-refractivity contribution is 9.10. The van der Waals surface area contributed by atoms with Gasteiger partial charge in [-0.1, -0.05) is 13.0 Å². The molecule has 1 fully saturated rings. The average molecular weight is 315 g/mol. The largest absolute Gasteiger partial charge is 0.329 e. The Kier molecular flexibility index (Phi) is 4.76. The second kappa shape index (κ2) is 6.13. The van der Waals surface area contributed by atoms with Gasteiger partial charge in [0, 0.05) is 18.6 Å². The minimum Gasteiger partial charge on any atom is -0.329 e. The van der Waals surface area contributed by atoms with Crippen molar-refractivity contribution in [2.24, 2.45) is 5.73 Å². The van der Waals surface area contributed by atoms with Gasteiger partial charge >= 0.3 is 0 Å². The summed E-state index contributed by atoms with van der Waals surface area (Å²) in [7, 11) is 0. The number of benzene rings is 1. The zero-order chi connectivity index (χ0) is 13.1. The van der Waals surface area contributed by atoms with Crippen LogP contribution in [0, 0.1) is 5.82 Å². The Labute approximate surface area is 116 Å². The zero-order valence-corrected chi connectivity index (χ0v) is 12.3. The monoisotopic (exact) mass is 314 g/mol. The van der Waals surface area contributed by atoms with Crippen molar-refractivity contribution in [3.05, 3.63) is 34.1 Å². The minimum atomic E-state index is -0.210. The fraction of sp³-hybridized carbons (Fsp3) is 0.571. The Bertz CT molecular complexity index is 407. The fourth-order valence-corrected chi connectivity index (χ4v) is 2.69. The first kappa shape index (κ1) is 14.0. The number of hydrogen-bond acceptors (Lipinski definition) is 2. The van der Waals surface area contributed by atoms with E-state index in [4.69, 9.17) is 5.73 Å². The molecule has 18 heavy (non-hydrogen) atoms. The van der Waals surface area contributed by atoms with Crippen LogP contribution < -0.4 is 5.73 Å². The van der Waals surface area contributed by atoms with Gasteiger partial charge in [-0.05, 0) is 59.4 Å². The van der Waals surface area contributed by atoms with E-state index in [0.29, 0.717) is 17.1 Å². The van der Waals surface area contributed by atoms with E-state index < -0.39 is 0 Å². The molecule has 0 aromatic heterocycles. The number of nitrogens with zero attached hydrogens (tertiary/aromatic N) is 1. The molecule has 0 heterocycles. The lowest BCUT2D eigenvalue weighted by molar-refractivity contribution is 0.191. The maximum Gasteiger partial charge on any atom is 0.137 e. The van der Waals surface area contributed by atoms with Crippen LogP contribution in [0.1, 0.15) is 37.8 Å². The summed E-state index contributed by atoms with van der Waals surface area (Å²) in [4.78, 5) is 2.43. The van der Waals surface area contributed by atoms with Gasteiger partial charge in [-0.2, -0.15) is 0 Å². The molecule has 1 aromatic rings. The second-order valence-corrected chi connectivity index (χ2v) is 5.75. The normalized spacial score (nSPS) is 17.2. The third kappa shape index (κ3) is 3.11. The van der Waals surface area contributed by atoms with Gasteiger partial charge in [-0.25, -0.2) is 4.39 Å². The predicted molar refractivity (Wildman–Crippen MR) is 75.9 cm³/mol. The quantitative estimate of drug-likeness (QED) is 0.871. The lowest BCUT2D eigenvalue weighted by Gasteiger charge is -2.31. The first-order chi connectivity index (χ1) is 8.67. The Balaban J connectivity index is 2.22. The van der Waals surface area contributed by atoms with Gasteiger partial charge in [0.15, 0.2) is 0 Å². The van der Waals surface area contributed by atoms with Crippen molar-refractivity contribution in [1.29, 1.82) is 0 Å². The Morgan fingerprint density at radius 1 is 1.50 bits per heavy atom. The molecule has 0 radical (unpaired) electrons. The van der Waals surface area contributed by atoms with Crippen molar-refractivity contribution < 1.29 is 4.39 Å². The molecule has 0 amide bonds. The summed E-state index contributed by atoms with van der Waals surface area (Å²) in [6.45, 7) is 3.74. The van der Waals surface area contributed by atoms with Crippen LogP contribution in [0.4, 0.5) is 4.39 Å². The highest BCUT2D eigenvalue weighted by Crippen LogP contribution is 2.34. The molecular formula is C14H20BrFN2. The van der Waals surface area contributed by atoms with Gasteiger partial charge in [0.25, 0.3) is 0 Å². The van der Waals surface area contributed by atoms with Crippen LogP contribution in [0.5, 0.6) is 0 Å². The molecule has 4 heteroatoms. The molecule has 0 saturated heterocycles. The van der Waals surface area contributed by atoms with Gasteiger partial charge < -0.3 is 5.73 Å². The highest BCUT2D eigenvalue weighted by atomic mass is 79.9. The maximum atomic E-state index is 13.6. The number of halogens is 2. The van der Waals surface area contributed by atoms with Crippen LogP contribution >= 0.6 is 15.9 Å². The smallest absolute Gasteiger partial charge is 0.137 e. The van der Waals surface area contributed by atoms with E-state index in [1.807, 2.05) is 6.07 Å². The Morgan fingerprint density at radius 3 is 2.72 bits per heavy atom. The summed E-state index contributed by atoms with van der Waals surface area (Å²) in [6, 6.07) is 6.12. The van der Waals surface area contributed by atoms with Crippen molar-refractivity contribution in [2.75, 3.05) is 13.1 Å². The van der Waals surface area contributed by atoms with Crippen LogP contribution in [0.2, 0.25) is 0 Å². The lowest BCUT2D eigenvalue weighted by atomic mass is 10.0. The highest BCUT2D eigenvalue weighted by Gasteiger charge is 2.33. The first-order valence-electron chi connectivity index (χ1n) is 6.58. The summed E-state index contributed by atoms with van der Waals surface area (Å²) < 4.78 is 14.1. The first-order valence-corrected chi connectivity index (χ1v) is 7.37. The standard InChI is InChI=1S/C14H20BrFN2/c1-2-7-18(11-4-5-11)14(9-17)10-3-6-12(15)13(16)8-10/h3,6,8,11,14H,2,4-5,7,9,17H2,1H3. The average Bonchev–Trinajstić information content (AvgIpc) is 3.17. The van der Waals surface area contributed by atoms with E-state index >= 15 is 0 Å². The van der Waals surface area contributed by atoms with E-state index in [1.165, 1.54) is 12.8 Å². The summed E-state index contributed by atoms with van der Waals surface area (Å²) in [5.41, 5.74) is 6.90. The van der Waals surface area contributed by atoms with Crippen molar-refractivity contribution in [2.45, 2.75) is 38.3 Å². The van der Waals surface area contributed by atoms with Crippen LogP contribution in [0.3, 0.4) is 0 Å². The molecule has 0 bridgehead atoms. The van der Waals surface area contributed by atoms with E-state index in [0.717, 1.165) is 18.5 Å². The number of hydrogen-bond donors (Lipinski definition) is 1. The molecule has 2 nitrogen and oxygen atoms in total. The molecule has 1 unspecified atom stereocenters. The number of rotatable bonds is 6. The van der Waals surface area contributed by atoms with E-state index in [-0.39, 0.29) is 11.9 Å². The predicted octanol–water partition coefficient (Wildman–Crippen LogP) is 3.46. The fourth-order valence-electron chi connectivity index (χ4n) is 2.44. The summed E-state index contributed by atoms with van der Waals surface area (Å²) >= 11 is 3.19. The molecule has 1 saturated carbocycles.